The van der Waals surface area contributed by atoms with Crippen LogP contribution in [-0.4, -0.2) is 22.7 Å². The summed E-state index contributed by atoms with van der Waals surface area (Å²) in [7, 11) is 0. The van der Waals surface area contributed by atoms with E-state index in [1.807, 2.05) is 0 Å². The molecule has 1 heterocycles. The van der Waals surface area contributed by atoms with Crippen LogP contribution in [-0.2, 0) is 0 Å². The van der Waals surface area contributed by atoms with E-state index in [1.54, 1.807) is 0 Å². The molecule has 0 unspecified atom stereocenters. The number of aromatic nitrogens is 1. The number of carbonyl (C=O) groups is 1. The number of hydrogen-bond donors (Lipinski definition) is 1. The van der Waals surface area contributed by atoms with Gasteiger partial charge in [-0.3, -0.25) is 4.98 Å². The molecule has 1 aromatic heterocycles. The van der Waals surface area contributed by atoms with Crippen LogP contribution in [0.4, 0.5) is 0 Å². The van der Waals surface area contributed by atoms with Gasteiger partial charge in [-0.15, -0.1) is 0 Å². The van der Waals surface area contributed by atoms with Gasteiger partial charge in [0.15, 0.2) is 5.75 Å². The van der Waals surface area contributed by atoms with Crippen LogP contribution >= 0.6 is 0 Å². The molecule has 0 aromatic carbocycles. The third kappa shape index (κ3) is 12.3. The lowest BCUT2D eigenvalue weighted by Gasteiger charge is -2.08. The molecule has 28 heavy (non-hydrogen) atoms. The van der Waals surface area contributed by atoms with Crippen molar-refractivity contribution in [3.63, 3.8) is 0 Å². The fraction of sp³-hybridized carbons (Fsp3) is 0.583. The van der Waals surface area contributed by atoms with Crippen LogP contribution in [0.1, 0.15) is 94.3 Å². The lowest BCUT2D eigenvalue weighted by atomic mass is 10.1. The van der Waals surface area contributed by atoms with Crippen molar-refractivity contribution in [2.45, 2.75) is 84.0 Å². The van der Waals surface area contributed by atoms with Gasteiger partial charge in [0.2, 0.25) is 0 Å². The van der Waals surface area contributed by atoms with Crippen LogP contribution in [0.25, 0.3) is 0 Å². The molecule has 0 atom stereocenters. The maximum absolute atomic E-state index is 11.1. The molecule has 0 aliphatic carbocycles. The normalized spacial score (nSPS) is 11.5. The van der Waals surface area contributed by atoms with E-state index in [-0.39, 0.29) is 5.56 Å². The zero-order valence-electron chi connectivity index (χ0n) is 17.4. The van der Waals surface area contributed by atoms with E-state index >= 15 is 0 Å². The van der Waals surface area contributed by atoms with E-state index in [2.05, 4.69) is 36.2 Å². The van der Waals surface area contributed by atoms with Gasteiger partial charge in [0, 0.05) is 6.20 Å². The number of rotatable bonds is 17. The predicted molar refractivity (Wildman–Crippen MR) is 116 cm³/mol. The summed E-state index contributed by atoms with van der Waals surface area (Å²) in [6.07, 6.45) is 26.5. The van der Waals surface area contributed by atoms with Crippen molar-refractivity contribution >= 4 is 5.97 Å². The number of aromatic carboxylic acids is 1. The summed E-state index contributed by atoms with van der Waals surface area (Å²) < 4.78 is 5.56. The van der Waals surface area contributed by atoms with Crippen molar-refractivity contribution in [2.24, 2.45) is 0 Å². The van der Waals surface area contributed by atoms with Gasteiger partial charge in [0.25, 0.3) is 0 Å². The summed E-state index contributed by atoms with van der Waals surface area (Å²) in [5, 5.41) is 9.09. The Morgan fingerprint density at radius 3 is 2.29 bits per heavy atom. The summed E-state index contributed by atoms with van der Waals surface area (Å²) >= 11 is 0. The Bertz CT molecular complexity index is 581. The van der Waals surface area contributed by atoms with Gasteiger partial charge in [-0.1, -0.05) is 69.8 Å². The molecule has 0 spiro atoms. The van der Waals surface area contributed by atoms with E-state index in [4.69, 9.17) is 9.84 Å². The summed E-state index contributed by atoms with van der Waals surface area (Å²) in [6, 6.07) is 1.47. The second kappa shape index (κ2) is 17.0. The SMILES string of the molecule is CCCCC/C=C\C/C=C\CCCCCCCCOc1cnccc1C(=O)O. The Kier molecular flexibility index (Phi) is 14.6. The van der Waals surface area contributed by atoms with Gasteiger partial charge >= 0.3 is 5.97 Å². The van der Waals surface area contributed by atoms with Crippen molar-refractivity contribution in [2.75, 3.05) is 6.61 Å². The van der Waals surface area contributed by atoms with Gasteiger partial charge in [-0.05, 0) is 44.6 Å². The average Bonchev–Trinajstić information content (AvgIpc) is 2.70. The predicted octanol–water partition coefficient (Wildman–Crippen LogP) is 6.97. The molecule has 1 N–H and O–H groups in total. The highest BCUT2D eigenvalue weighted by Crippen LogP contribution is 2.17. The minimum Gasteiger partial charge on any atom is -0.491 e. The molecular weight excluding hydrogens is 350 g/mol. The first-order chi connectivity index (χ1) is 13.8. The molecular formula is C24H37NO3. The van der Waals surface area contributed by atoms with E-state index in [1.165, 1.54) is 76.2 Å². The Morgan fingerprint density at radius 2 is 1.61 bits per heavy atom. The quantitative estimate of drug-likeness (QED) is 0.231. The standard InChI is InChI=1S/C24H37NO3/c1-2-3-4-5-6-7-8-9-10-11-12-13-14-15-16-17-20-28-23-21-25-19-18-22(23)24(26)27/h6-7,9-10,18-19,21H,2-5,8,11-17,20H2,1H3,(H,26,27)/b7-6-,10-9-. The maximum atomic E-state index is 11.1. The zero-order chi connectivity index (χ0) is 20.3. The second-order valence-electron chi connectivity index (χ2n) is 7.11. The zero-order valence-corrected chi connectivity index (χ0v) is 17.4. The number of carboxylic acid groups (broad SMARTS) is 1. The Hall–Kier alpha value is -2.10. The minimum atomic E-state index is -0.977. The Morgan fingerprint density at radius 1 is 0.964 bits per heavy atom. The first-order valence-electron chi connectivity index (χ1n) is 10.9. The van der Waals surface area contributed by atoms with Crippen LogP contribution in [0.5, 0.6) is 5.75 Å². The number of carboxylic acids is 1. The maximum Gasteiger partial charge on any atom is 0.339 e. The molecule has 0 radical (unpaired) electrons. The molecule has 0 amide bonds. The topological polar surface area (TPSA) is 59.4 Å². The molecule has 0 bridgehead atoms. The molecule has 0 aliphatic heterocycles. The largest absolute Gasteiger partial charge is 0.491 e. The molecule has 0 saturated heterocycles. The number of ether oxygens (including phenoxy) is 1. The Balaban J connectivity index is 1.92. The lowest BCUT2D eigenvalue weighted by Crippen LogP contribution is -2.04. The number of unbranched alkanes of at least 4 members (excludes halogenated alkanes) is 9. The summed E-state index contributed by atoms with van der Waals surface area (Å²) in [4.78, 5) is 15.0. The van der Waals surface area contributed by atoms with Crippen LogP contribution < -0.4 is 4.74 Å². The molecule has 0 aliphatic rings. The van der Waals surface area contributed by atoms with E-state index in [0.29, 0.717) is 12.4 Å². The number of hydrogen-bond acceptors (Lipinski definition) is 3. The number of nitrogens with zero attached hydrogens (tertiary/aromatic N) is 1. The van der Waals surface area contributed by atoms with Crippen LogP contribution in [0.15, 0.2) is 42.8 Å². The van der Waals surface area contributed by atoms with E-state index < -0.39 is 5.97 Å². The van der Waals surface area contributed by atoms with Crippen molar-refractivity contribution in [1.82, 2.24) is 4.98 Å². The van der Waals surface area contributed by atoms with Gasteiger partial charge in [-0.2, -0.15) is 0 Å². The number of pyridine rings is 1. The molecule has 4 heteroatoms. The van der Waals surface area contributed by atoms with Crippen LogP contribution in [0, 0.1) is 0 Å². The van der Waals surface area contributed by atoms with Crippen LogP contribution in [0.3, 0.4) is 0 Å². The summed E-state index contributed by atoms with van der Waals surface area (Å²) in [5.41, 5.74) is 0.176. The van der Waals surface area contributed by atoms with Crippen molar-refractivity contribution in [3.05, 3.63) is 48.3 Å². The number of allylic oxidation sites excluding steroid dienone is 4. The first kappa shape index (κ1) is 23.9. The van der Waals surface area contributed by atoms with Crippen molar-refractivity contribution in [1.29, 1.82) is 0 Å². The lowest BCUT2D eigenvalue weighted by molar-refractivity contribution is 0.0692. The molecule has 1 rings (SSSR count). The fourth-order valence-electron chi connectivity index (χ4n) is 2.94. The van der Waals surface area contributed by atoms with E-state index in [9.17, 15) is 4.79 Å². The third-order valence-corrected chi connectivity index (χ3v) is 4.62. The monoisotopic (exact) mass is 387 g/mol. The van der Waals surface area contributed by atoms with Crippen molar-refractivity contribution in [3.8, 4) is 5.75 Å². The highest BCUT2D eigenvalue weighted by atomic mass is 16.5. The third-order valence-electron chi connectivity index (χ3n) is 4.62. The molecule has 0 fully saturated rings. The first-order valence-corrected chi connectivity index (χ1v) is 10.9. The van der Waals surface area contributed by atoms with Gasteiger partial charge in [-0.25, -0.2) is 4.79 Å². The molecule has 0 saturated carbocycles. The van der Waals surface area contributed by atoms with Crippen molar-refractivity contribution < 1.29 is 14.6 Å². The van der Waals surface area contributed by atoms with E-state index in [0.717, 1.165) is 19.3 Å². The molecule has 4 nitrogen and oxygen atoms in total. The van der Waals surface area contributed by atoms with Crippen LogP contribution in [0.2, 0.25) is 0 Å². The minimum absolute atomic E-state index is 0.176. The highest BCUT2D eigenvalue weighted by molar-refractivity contribution is 5.90. The van der Waals surface area contributed by atoms with Gasteiger partial charge in [0.05, 0.1) is 12.8 Å². The fourth-order valence-corrected chi connectivity index (χ4v) is 2.94. The van der Waals surface area contributed by atoms with Gasteiger partial charge < -0.3 is 9.84 Å². The average molecular weight is 388 g/mol. The smallest absolute Gasteiger partial charge is 0.339 e. The molecule has 156 valence electrons. The second-order valence-corrected chi connectivity index (χ2v) is 7.11. The highest BCUT2D eigenvalue weighted by Gasteiger charge is 2.10. The molecule has 1 aromatic rings. The summed E-state index contributed by atoms with van der Waals surface area (Å²) in [5.74, 6) is -0.618. The van der Waals surface area contributed by atoms with Gasteiger partial charge in [0.1, 0.15) is 5.56 Å². The summed E-state index contributed by atoms with van der Waals surface area (Å²) in [6.45, 7) is 2.78. The Labute approximate surface area is 170 Å².